The Labute approximate surface area is 102 Å². The van der Waals surface area contributed by atoms with Gasteiger partial charge in [0.15, 0.2) is 0 Å². The van der Waals surface area contributed by atoms with Gasteiger partial charge in [0.05, 0.1) is 14.9 Å². The quantitative estimate of drug-likeness (QED) is 0.854. The number of ketones is 1. The van der Waals surface area contributed by atoms with Crippen LogP contribution in [-0.2, 0) is 6.54 Å². The summed E-state index contributed by atoms with van der Waals surface area (Å²) in [6, 6.07) is 6.81. The van der Waals surface area contributed by atoms with Gasteiger partial charge in [-0.15, -0.1) is 11.3 Å². The number of hydrogen-bond donors (Lipinski definition) is 1. The average Bonchev–Trinajstić information content (AvgIpc) is 2.75. The van der Waals surface area contributed by atoms with Crippen LogP contribution in [0.1, 0.15) is 20.9 Å². The molecular weight excluding hydrogens is 244 g/mol. The summed E-state index contributed by atoms with van der Waals surface area (Å²) in [6.45, 7) is 0.326. The van der Waals surface area contributed by atoms with Gasteiger partial charge in [-0.25, -0.2) is 0 Å². The van der Waals surface area contributed by atoms with Gasteiger partial charge in [0.1, 0.15) is 0 Å². The molecule has 2 aromatic heterocycles. The van der Waals surface area contributed by atoms with E-state index in [9.17, 15) is 4.79 Å². The Hall–Kier alpha value is -1.23. The second-order valence-electron chi connectivity index (χ2n) is 3.17. The molecule has 0 saturated heterocycles. The van der Waals surface area contributed by atoms with E-state index in [0.29, 0.717) is 27.0 Å². The van der Waals surface area contributed by atoms with Crippen LogP contribution in [0.4, 0.5) is 0 Å². The molecule has 82 valence electrons. The molecule has 0 saturated carbocycles. The first-order chi connectivity index (χ1) is 7.70. The maximum absolute atomic E-state index is 12.0. The number of aromatic nitrogens is 1. The van der Waals surface area contributed by atoms with Crippen molar-refractivity contribution in [1.82, 2.24) is 4.98 Å². The normalized spacial score (nSPS) is 10.4. The molecule has 16 heavy (non-hydrogen) atoms. The number of halogens is 1. The summed E-state index contributed by atoms with van der Waals surface area (Å²) in [4.78, 5) is 16.7. The monoisotopic (exact) mass is 252 g/mol. The summed E-state index contributed by atoms with van der Waals surface area (Å²) < 4.78 is 0.608. The number of thiophene rings is 1. The van der Waals surface area contributed by atoms with Gasteiger partial charge in [-0.3, -0.25) is 9.78 Å². The van der Waals surface area contributed by atoms with Crippen LogP contribution >= 0.6 is 22.9 Å². The summed E-state index contributed by atoms with van der Waals surface area (Å²) >= 11 is 7.05. The van der Waals surface area contributed by atoms with Gasteiger partial charge in [-0.05, 0) is 24.3 Å². The molecule has 0 aliphatic rings. The number of carbonyl (C=O) groups is 1. The predicted octanol–water partition coefficient (Wildman–Crippen LogP) is 2.49. The topological polar surface area (TPSA) is 56.0 Å². The summed E-state index contributed by atoms with van der Waals surface area (Å²) in [5.41, 5.74) is 6.76. The fraction of sp³-hybridized carbons (Fsp3) is 0.0909. The second kappa shape index (κ2) is 4.74. The van der Waals surface area contributed by atoms with E-state index < -0.39 is 0 Å². The Balaban J connectivity index is 2.33. The van der Waals surface area contributed by atoms with Crippen molar-refractivity contribution >= 4 is 28.7 Å². The Kier molecular flexibility index (Phi) is 3.33. The highest BCUT2D eigenvalue weighted by Crippen LogP contribution is 2.23. The SMILES string of the molecule is NCc1cc(C(=O)c2ccc(Cl)s2)ccn1. The largest absolute Gasteiger partial charge is 0.325 e. The Morgan fingerprint density at radius 2 is 2.25 bits per heavy atom. The van der Waals surface area contributed by atoms with Crippen LogP contribution < -0.4 is 5.73 Å². The minimum absolute atomic E-state index is 0.0472. The van der Waals surface area contributed by atoms with Crippen molar-refractivity contribution in [3.05, 3.63) is 50.9 Å². The van der Waals surface area contributed by atoms with Crippen molar-refractivity contribution in [1.29, 1.82) is 0 Å². The number of pyridine rings is 1. The zero-order chi connectivity index (χ0) is 11.5. The lowest BCUT2D eigenvalue weighted by Gasteiger charge is -2.00. The van der Waals surface area contributed by atoms with Gasteiger partial charge in [-0.1, -0.05) is 11.6 Å². The highest BCUT2D eigenvalue weighted by Gasteiger charge is 2.11. The molecule has 0 spiro atoms. The van der Waals surface area contributed by atoms with E-state index in [1.54, 1.807) is 30.5 Å². The predicted molar refractivity (Wildman–Crippen MR) is 64.9 cm³/mol. The van der Waals surface area contributed by atoms with Crippen molar-refractivity contribution in [3.8, 4) is 0 Å². The molecular formula is C11H9ClN2OS. The molecule has 2 heterocycles. The molecule has 0 aliphatic carbocycles. The zero-order valence-electron chi connectivity index (χ0n) is 8.31. The lowest BCUT2D eigenvalue weighted by molar-refractivity contribution is 0.104. The van der Waals surface area contributed by atoms with E-state index in [2.05, 4.69) is 4.98 Å². The standard InChI is InChI=1S/C11H9ClN2OS/c12-10-2-1-9(16-10)11(15)7-3-4-14-8(5-7)6-13/h1-5H,6,13H2. The number of hydrogen-bond acceptors (Lipinski definition) is 4. The van der Waals surface area contributed by atoms with Crippen LogP contribution in [-0.4, -0.2) is 10.8 Å². The van der Waals surface area contributed by atoms with Gasteiger partial charge in [0, 0.05) is 18.3 Å². The molecule has 0 radical (unpaired) electrons. The summed E-state index contributed by atoms with van der Waals surface area (Å²) in [6.07, 6.45) is 1.59. The van der Waals surface area contributed by atoms with Crippen LogP contribution in [0.5, 0.6) is 0 Å². The van der Waals surface area contributed by atoms with Gasteiger partial charge in [0.2, 0.25) is 5.78 Å². The Morgan fingerprint density at radius 1 is 1.44 bits per heavy atom. The molecule has 2 aromatic rings. The van der Waals surface area contributed by atoms with Gasteiger partial charge >= 0.3 is 0 Å². The highest BCUT2D eigenvalue weighted by molar-refractivity contribution is 7.18. The first kappa shape index (κ1) is 11.3. The molecule has 3 nitrogen and oxygen atoms in total. The molecule has 2 N–H and O–H groups in total. The zero-order valence-corrected chi connectivity index (χ0v) is 9.89. The van der Waals surface area contributed by atoms with Gasteiger partial charge in [-0.2, -0.15) is 0 Å². The lowest BCUT2D eigenvalue weighted by Crippen LogP contribution is -2.04. The van der Waals surface area contributed by atoms with Gasteiger partial charge < -0.3 is 5.73 Å². The maximum Gasteiger partial charge on any atom is 0.203 e. The summed E-state index contributed by atoms with van der Waals surface area (Å²) in [7, 11) is 0. The molecule has 0 fully saturated rings. The van der Waals surface area contributed by atoms with Crippen LogP contribution in [0.2, 0.25) is 4.34 Å². The number of nitrogens with two attached hydrogens (primary N) is 1. The third-order valence-corrected chi connectivity index (χ3v) is 3.31. The van der Waals surface area contributed by atoms with E-state index in [1.165, 1.54) is 11.3 Å². The highest BCUT2D eigenvalue weighted by atomic mass is 35.5. The lowest BCUT2D eigenvalue weighted by atomic mass is 10.1. The van der Waals surface area contributed by atoms with Gasteiger partial charge in [0.25, 0.3) is 0 Å². The minimum Gasteiger partial charge on any atom is -0.325 e. The van der Waals surface area contributed by atoms with Crippen molar-refractivity contribution in [2.45, 2.75) is 6.54 Å². The third-order valence-electron chi connectivity index (χ3n) is 2.08. The van der Waals surface area contributed by atoms with E-state index in [1.807, 2.05) is 0 Å². The molecule has 0 unspecified atom stereocenters. The second-order valence-corrected chi connectivity index (χ2v) is 4.89. The number of carbonyl (C=O) groups excluding carboxylic acids is 1. The Morgan fingerprint density at radius 3 is 2.88 bits per heavy atom. The summed E-state index contributed by atoms with van der Waals surface area (Å²) in [5.74, 6) is -0.0472. The first-order valence-corrected chi connectivity index (χ1v) is 5.85. The minimum atomic E-state index is -0.0472. The fourth-order valence-corrected chi connectivity index (χ4v) is 2.31. The van der Waals surface area contributed by atoms with E-state index >= 15 is 0 Å². The van der Waals surface area contributed by atoms with Crippen LogP contribution in [0, 0.1) is 0 Å². The maximum atomic E-state index is 12.0. The molecule has 0 bridgehead atoms. The van der Waals surface area contributed by atoms with E-state index in [0.717, 1.165) is 0 Å². The smallest absolute Gasteiger partial charge is 0.203 e. The average molecular weight is 253 g/mol. The van der Waals surface area contributed by atoms with Crippen molar-refractivity contribution in [2.24, 2.45) is 5.73 Å². The molecule has 0 amide bonds. The molecule has 0 aromatic carbocycles. The van der Waals surface area contributed by atoms with Crippen LogP contribution in [0.25, 0.3) is 0 Å². The summed E-state index contributed by atoms with van der Waals surface area (Å²) in [5, 5.41) is 0. The molecule has 2 rings (SSSR count). The third kappa shape index (κ3) is 2.29. The molecule has 0 aliphatic heterocycles. The van der Waals surface area contributed by atoms with Crippen molar-refractivity contribution in [3.63, 3.8) is 0 Å². The van der Waals surface area contributed by atoms with Crippen molar-refractivity contribution in [2.75, 3.05) is 0 Å². The van der Waals surface area contributed by atoms with E-state index in [-0.39, 0.29) is 5.78 Å². The number of nitrogens with zero attached hydrogens (tertiary/aromatic N) is 1. The molecule has 5 heteroatoms. The molecule has 0 atom stereocenters. The van der Waals surface area contributed by atoms with Crippen molar-refractivity contribution < 1.29 is 4.79 Å². The fourth-order valence-electron chi connectivity index (χ4n) is 1.31. The van der Waals surface area contributed by atoms with Crippen LogP contribution in [0.15, 0.2) is 30.5 Å². The van der Waals surface area contributed by atoms with E-state index in [4.69, 9.17) is 17.3 Å². The number of rotatable bonds is 3. The first-order valence-electron chi connectivity index (χ1n) is 4.66. The Bertz CT molecular complexity index is 524. The van der Waals surface area contributed by atoms with Crippen LogP contribution in [0.3, 0.4) is 0 Å².